The first-order chi connectivity index (χ1) is 16.1. The van der Waals surface area contributed by atoms with Gasteiger partial charge in [0, 0.05) is 23.7 Å². The number of benzene rings is 2. The molecule has 2 aliphatic carbocycles. The fourth-order valence-corrected chi connectivity index (χ4v) is 5.57. The summed E-state index contributed by atoms with van der Waals surface area (Å²) >= 11 is 0. The molecule has 1 saturated carbocycles. The number of aryl methyl sites for hydroxylation is 1. The van der Waals surface area contributed by atoms with Gasteiger partial charge in [0.15, 0.2) is 0 Å². The van der Waals surface area contributed by atoms with Gasteiger partial charge in [-0.3, -0.25) is 4.40 Å². The van der Waals surface area contributed by atoms with Gasteiger partial charge in [0.05, 0.1) is 18.5 Å². The van der Waals surface area contributed by atoms with E-state index in [1.54, 1.807) is 7.11 Å². The monoisotopic (exact) mass is 438 g/mol. The summed E-state index contributed by atoms with van der Waals surface area (Å²) in [6.45, 7) is 4.69. The molecule has 0 amide bonds. The number of hydrogen-bond acceptors (Lipinski definition) is 4. The third-order valence-corrected chi connectivity index (χ3v) is 7.42. The molecule has 2 heterocycles. The van der Waals surface area contributed by atoms with Gasteiger partial charge in [-0.25, -0.2) is 4.98 Å². The highest BCUT2D eigenvalue weighted by atomic mass is 16.5. The summed E-state index contributed by atoms with van der Waals surface area (Å²) in [5, 5.41) is 0. The Morgan fingerprint density at radius 2 is 2.00 bits per heavy atom. The molecule has 0 bridgehead atoms. The third kappa shape index (κ3) is 3.14. The van der Waals surface area contributed by atoms with E-state index in [-0.39, 0.29) is 5.92 Å². The predicted octanol–water partition coefficient (Wildman–Crippen LogP) is 5.29. The predicted molar refractivity (Wildman–Crippen MR) is 127 cm³/mol. The first-order valence-corrected chi connectivity index (χ1v) is 11.4. The van der Waals surface area contributed by atoms with Crippen LogP contribution < -0.4 is 9.47 Å². The molecule has 0 radical (unpaired) electrons. The molecule has 1 fully saturated rings. The van der Waals surface area contributed by atoms with Crippen molar-refractivity contribution in [3.63, 3.8) is 0 Å². The number of fused-ring (bicyclic) bond motifs is 4. The van der Waals surface area contributed by atoms with Crippen LogP contribution in [0.4, 0.5) is 0 Å². The Labute approximate surface area is 193 Å². The average Bonchev–Trinajstić information content (AvgIpc) is 3.22. The van der Waals surface area contributed by atoms with Crippen molar-refractivity contribution in [1.29, 1.82) is 0 Å². The summed E-state index contributed by atoms with van der Waals surface area (Å²) in [6.07, 6.45) is 4.13. The highest BCUT2D eigenvalue weighted by molar-refractivity contribution is 5.71. The molecule has 0 aliphatic heterocycles. The van der Waals surface area contributed by atoms with Crippen LogP contribution >= 0.6 is 0 Å². The fourth-order valence-electron chi connectivity index (χ4n) is 5.57. The van der Waals surface area contributed by atoms with Crippen molar-refractivity contribution in [3.05, 3.63) is 82.7 Å². The first kappa shape index (κ1) is 20.0. The molecule has 33 heavy (non-hydrogen) atoms. The number of aldehydes is 1. The second-order valence-electron chi connectivity index (χ2n) is 9.19. The molecule has 0 spiro atoms. The number of ether oxygens (including phenoxy) is 2. The maximum Gasteiger partial charge on any atom is 0.141 e. The van der Waals surface area contributed by atoms with Crippen molar-refractivity contribution in [1.82, 2.24) is 9.38 Å². The number of imidazole rings is 1. The standard InChI is InChI=1S/C28H26N2O3/c1-16-18(15-33-21-7-8-23-19(11-21)12-24-25(14-31)27(23)24)5-4-6-22(16)28-17(2)29-26-13-20(32-3)9-10-30(26)28/h4-11,13-14,24-25,27H,12,15H2,1-3H3/t24-,25-,27-/m0/s1. The molecule has 2 aromatic heterocycles. The summed E-state index contributed by atoms with van der Waals surface area (Å²) in [5.41, 5.74) is 9.11. The second kappa shape index (κ2) is 7.48. The van der Waals surface area contributed by atoms with Gasteiger partial charge < -0.3 is 14.3 Å². The van der Waals surface area contributed by atoms with Gasteiger partial charge in [-0.15, -0.1) is 0 Å². The van der Waals surface area contributed by atoms with Gasteiger partial charge in [0.2, 0.25) is 0 Å². The highest BCUT2D eigenvalue weighted by Crippen LogP contribution is 2.60. The molecule has 2 aliphatic rings. The minimum Gasteiger partial charge on any atom is -0.497 e. The van der Waals surface area contributed by atoms with Gasteiger partial charge >= 0.3 is 0 Å². The first-order valence-electron chi connectivity index (χ1n) is 11.4. The summed E-state index contributed by atoms with van der Waals surface area (Å²) < 4.78 is 13.7. The van der Waals surface area contributed by atoms with Crippen LogP contribution in [0.3, 0.4) is 0 Å². The van der Waals surface area contributed by atoms with Crippen LogP contribution in [-0.2, 0) is 17.8 Å². The zero-order chi connectivity index (χ0) is 22.7. The molecule has 0 saturated heterocycles. The Morgan fingerprint density at radius 1 is 1.12 bits per heavy atom. The van der Waals surface area contributed by atoms with Crippen LogP contribution in [0, 0.1) is 25.7 Å². The fraction of sp³-hybridized carbons (Fsp3) is 0.286. The molecular formula is C28H26N2O3. The molecule has 2 aromatic carbocycles. The second-order valence-corrected chi connectivity index (χ2v) is 9.19. The van der Waals surface area contributed by atoms with Crippen molar-refractivity contribution in [2.45, 2.75) is 32.8 Å². The zero-order valence-electron chi connectivity index (χ0n) is 19.0. The normalized spacial score (nSPS) is 20.4. The quantitative estimate of drug-likeness (QED) is 0.384. The lowest BCUT2D eigenvalue weighted by Gasteiger charge is -2.14. The van der Waals surface area contributed by atoms with Gasteiger partial charge in [0.1, 0.15) is 30.0 Å². The lowest BCUT2D eigenvalue weighted by atomic mass is 9.99. The lowest BCUT2D eigenvalue weighted by Crippen LogP contribution is -2.02. The van der Waals surface area contributed by atoms with Gasteiger partial charge in [-0.2, -0.15) is 0 Å². The van der Waals surface area contributed by atoms with E-state index in [2.05, 4.69) is 41.7 Å². The minimum atomic E-state index is 0.235. The van der Waals surface area contributed by atoms with Crippen LogP contribution in [0.15, 0.2) is 54.7 Å². The minimum absolute atomic E-state index is 0.235. The lowest BCUT2D eigenvalue weighted by molar-refractivity contribution is -0.109. The van der Waals surface area contributed by atoms with Gasteiger partial charge in [-0.1, -0.05) is 24.3 Å². The van der Waals surface area contributed by atoms with Crippen molar-refractivity contribution >= 4 is 11.9 Å². The Balaban J connectivity index is 1.27. The average molecular weight is 439 g/mol. The van der Waals surface area contributed by atoms with Crippen LogP contribution in [0.5, 0.6) is 11.5 Å². The Hall–Kier alpha value is -3.60. The van der Waals surface area contributed by atoms with Crippen molar-refractivity contribution in [2.24, 2.45) is 11.8 Å². The number of nitrogens with zero attached hydrogens (tertiary/aromatic N) is 2. The third-order valence-electron chi connectivity index (χ3n) is 7.42. The summed E-state index contributed by atoms with van der Waals surface area (Å²) in [4.78, 5) is 15.9. The SMILES string of the molecule is COc1ccn2c(-c3cccc(COc4ccc5c(c4)C[C@H]4[C@H](C=O)[C@@H]54)c3C)c(C)nc2c1. The molecule has 0 N–H and O–H groups in total. The van der Waals surface area contributed by atoms with Gasteiger partial charge in [0.25, 0.3) is 0 Å². The number of hydrogen-bond donors (Lipinski definition) is 0. The van der Waals surface area contributed by atoms with E-state index in [9.17, 15) is 4.79 Å². The Kier molecular flexibility index (Phi) is 4.54. The van der Waals surface area contributed by atoms with E-state index in [4.69, 9.17) is 14.5 Å². The van der Waals surface area contributed by atoms with Crippen LogP contribution in [0.25, 0.3) is 16.9 Å². The number of methoxy groups -OCH3 is 1. The van der Waals surface area contributed by atoms with Crippen LogP contribution in [0.2, 0.25) is 0 Å². The van der Waals surface area contributed by atoms with E-state index in [0.717, 1.165) is 52.4 Å². The molecular weight excluding hydrogens is 412 g/mol. The van der Waals surface area contributed by atoms with Crippen molar-refractivity contribution < 1.29 is 14.3 Å². The van der Waals surface area contributed by atoms with E-state index in [0.29, 0.717) is 18.4 Å². The van der Waals surface area contributed by atoms with E-state index in [1.165, 1.54) is 16.7 Å². The topological polar surface area (TPSA) is 52.8 Å². The Bertz CT molecular complexity index is 1400. The molecule has 5 heteroatoms. The van der Waals surface area contributed by atoms with Gasteiger partial charge in [-0.05, 0) is 72.6 Å². The smallest absolute Gasteiger partial charge is 0.141 e. The number of rotatable bonds is 6. The molecule has 3 atom stereocenters. The highest BCUT2D eigenvalue weighted by Gasteiger charge is 2.55. The number of carbonyl (C=O) groups excluding carboxylic acids is 1. The molecule has 0 unspecified atom stereocenters. The molecule has 5 nitrogen and oxygen atoms in total. The number of pyridine rings is 1. The number of carbonyl (C=O) groups is 1. The van der Waals surface area contributed by atoms with Crippen LogP contribution in [-0.4, -0.2) is 22.8 Å². The number of aromatic nitrogens is 2. The summed E-state index contributed by atoms with van der Waals surface area (Å²) in [7, 11) is 1.67. The van der Waals surface area contributed by atoms with E-state index < -0.39 is 0 Å². The molecule has 166 valence electrons. The van der Waals surface area contributed by atoms with Crippen molar-refractivity contribution in [3.8, 4) is 22.8 Å². The van der Waals surface area contributed by atoms with E-state index in [1.807, 2.05) is 31.3 Å². The maximum absolute atomic E-state index is 11.1. The largest absolute Gasteiger partial charge is 0.497 e. The molecule has 6 rings (SSSR count). The summed E-state index contributed by atoms with van der Waals surface area (Å²) in [5.74, 6) is 2.88. The summed E-state index contributed by atoms with van der Waals surface area (Å²) in [6, 6.07) is 16.6. The maximum atomic E-state index is 11.1. The Morgan fingerprint density at radius 3 is 2.82 bits per heavy atom. The molecule has 4 aromatic rings. The van der Waals surface area contributed by atoms with E-state index >= 15 is 0 Å². The zero-order valence-corrected chi connectivity index (χ0v) is 19.0. The van der Waals surface area contributed by atoms with Crippen molar-refractivity contribution in [2.75, 3.05) is 7.11 Å². The van der Waals surface area contributed by atoms with Crippen LogP contribution in [0.1, 0.15) is 33.9 Å².